The van der Waals surface area contributed by atoms with Gasteiger partial charge in [-0.2, -0.15) is 0 Å². The minimum Gasteiger partial charge on any atom is -0.398 e. The van der Waals surface area contributed by atoms with E-state index in [1.807, 2.05) is 42.5 Å². The van der Waals surface area contributed by atoms with Gasteiger partial charge in [0.1, 0.15) is 5.01 Å². The van der Waals surface area contributed by atoms with Gasteiger partial charge >= 0.3 is 0 Å². The third kappa shape index (κ3) is 3.00. The van der Waals surface area contributed by atoms with E-state index in [-0.39, 0.29) is 0 Å². The molecule has 0 aliphatic carbocycles. The van der Waals surface area contributed by atoms with Gasteiger partial charge in [-0.15, -0.1) is 23.1 Å². The molecule has 0 aliphatic rings. The molecule has 0 spiro atoms. The maximum atomic E-state index is 5.93. The minimum absolute atomic E-state index is 0.817. The zero-order valence-electron chi connectivity index (χ0n) is 10.7. The summed E-state index contributed by atoms with van der Waals surface area (Å²) < 4.78 is 0. The molecule has 1 aromatic carbocycles. The van der Waals surface area contributed by atoms with E-state index in [0.717, 1.165) is 32.7 Å². The average Bonchev–Trinajstić information content (AvgIpc) is 2.96. The molecule has 5 heteroatoms. The average molecular weight is 299 g/mol. The summed E-state index contributed by atoms with van der Waals surface area (Å²) in [5, 5.41) is 3.04. The molecule has 0 saturated heterocycles. The molecule has 2 aromatic heterocycles. The largest absolute Gasteiger partial charge is 0.398 e. The van der Waals surface area contributed by atoms with Crippen LogP contribution in [0.25, 0.3) is 10.7 Å². The first kappa shape index (κ1) is 13.1. The first-order chi connectivity index (χ1) is 9.83. The molecule has 0 bridgehead atoms. The topological polar surface area (TPSA) is 51.8 Å². The zero-order chi connectivity index (χ0) is 13.8. The Hall–Kier alpha value is -1.85. The van der Waals surface area contributed by atoms with E-state index >= 15 is 0 Å². The SMILES string of the molecule is Nc1ccccc1SCc1csc(-c2ccccn2)n1. The highest BCUT2D eigenvalue weighted by Crippen LogP contribution is 2.29. The lowest BCUT2D eigenvalue weighted by Gasteiger charge is -2.02. The van der Waals surface area contributed by atoms with Crippen LogP contribution in [-0.4, -0.2) is 9.97 Å². The molecule has 100 valence electrons. The Balaban J connectivity index is 1.71. The second-order valence-corrected chi connectivity index (χ2v) is 6.06. The molecule has 0 amide bonds. The minimum atomic E-state index is 0.817. The van der Waals surface area contributed by atoms with E-state index in [4.69, 9.17) is 5.73 Å². The van der Waals surface area contributed by atoms with Crippen molar-refractivity contribution >= 4 is 28.8 Å². The Morgan fingerprint density at radius 1 is 1.10 bits per heavy atom. The lowest BCUT2D eigenvalue weighted by molar-refractivity contribution is 1.21. The number of pyridine rings is 1. The van der Waals surface area contributed by atoms with Crippen LogP contribution in [-0.2, 0) is 5.75 Å². The Morgan fingerprint density at radius 3 is 2.75 bits per heavy atom. The summed E-state index contributed by atoms with van der Waals surface area (Å²) in [7, 11) is 0. The second-order valence-electron chi connectivity index (χ2n) is 4.19. The van der Waals surface area contributed by atoms with Gasteiger partial charge in [-0.3, -0.25) is 4.98 Å². The number of nitrogen functional groups attached to an aromatic ring is 1. The smallest absolute Gasteiger partial charge is 0.142 e. The molecular formula is C15H13N3S2. The van der Waals surface area contributed by atoms with Gasteiger partial charge in [0.2, 0.25) is 0 Å². The highest BCUT2D eigenvalue weighted by atomic mass is 32.2. The van der Waals surface area contributed by atoms with Crippen molar-refractivity contribution in [1.29, 1.82) is 0 Å². The second kappa shape index (κ2) is 6.07. The molecular weight excluding hydrogens is 286 g/mol. The standard InChI is InChI=1S/C15H13N3S2/c16-12-5-1-2-7-14(12)19-9-11-10-20-15(18-11)13-6-3-4-8-17-13/h1-8,10H,9,16H2. The molecule has 0 aliphatic heterocycles. The van der Waals surface area contributed by atoms with E-state index < -0.39 is 0 Å². The van der Waals surface area contributed by atoms with Crippen LogP contribution in [0, 0.1) is 0 Å². The van der Waals surface area contributed by atoms with Gasteiger partial charge in [0.05, 0.1) is 11.4 Å². The first-order valence-electron chi connectivity index (χ1n) is 6.16. The quantitative estimate of drug-likeness (QED) is 0.582. The van der Waals surface area contributed by atoms with Gasteiger partial charge in [0.25, 0.3) is 0 Å². The molecule has 20 heavy (non-hydrogen) atoms. The van der Waals surface area contributed by atoms with E-state index in [1.54, 1.807) is 29.3 Å². The lowest BCUT2D eigenvalue weighted by Crippen LogP contribution is -1.88. The molecule has 0 fully saturated rings. The monoisotopic (exact) mass is 299 g/mol. The van der Waals surface area contributed by atoms with Gasteiger partial charge < -0.3 is 5.73 Å². The number of para-hydroxylation sites is 1. The van der Waals surface area contributed by atoms with Crippen LogP contribution in [0.1, 0.15) is 5.69 Å². The normalized spacial score (nSPS) is 10.6. The van der Waals surface area contributed by atoms with E-state index in [1.165, 1.54) is 0 Å². The Morgan fingerprint density at radius 2 is 1.95 bits per heavy atom. The van der Waals surface area contributed by atoms with Crippen LogP contribution in [0.5, 0.6) is 0 Å². The summed E-state index contributed by atoms with van der Waals surface area (Å²) in [5.41, 5.74) is 8.73. The third-order valence-electron chi connectivity index (χ3n) is 2.73. The molecule has 3 aromatic rings. The van der Waals surface area contributed by atoms with Gasteiger partial charge in [-0.25, -0.2) is 4.98 Å². The highest BCUT2D eigenvalue weighted by molar-refractivity contribution is 7.98. The number of hydrogen-bond donors (Lipinski definition) is 1. The van der Waals surface area contributed by atoms with E-state index in [9.17, 15) is 0 Å². The predicted molar refractivity (Wildman–Crippen MR) is 85.8 cm³/mol. The maximum absolute atomic E-state index is 5.93. The number of nitrogens with two attached hydrogens (primary N) is 1. The summed E-state index contributed by atoms with van der Waals surface area (Å²) in [6, 6.07) is 13.8. The van der Waals surface area contributed by atoms with Crippen LogP contribution < -0.4 is 5.73 Å². The lowest BCUT2D eigenvalue weighted by atomic mass is 10.3. The van der Waals surface area contributed by atoms with E-state index in [2.05, 4.69) is 15.3 Å². The summed E-state index contributed by atoms with van der Waals surface area (Å²) >= 11 is 3.33. The van der Waals surface area contributed by atoms with Crippen molar-refractivity contribution in [2.75, 3.05) is 5.73 Å². The van der Waals surface area contributed by atoms with Crippen LogP contribution in [0.3, 0.4) is 0 Å². The number of rotatable bonds is 4. The molecule has 0 saturated carbocycles. The summed E-state index contributed by atoms with van der Waals surface area (Å²) in [5.74, 6) is 0.817. The number of anilines is 1. The molecule has 0 unspecified atom stereocenters. The van der Waals surface area contributed by atoms with Crippen molar-refractivity contribution in [1.82, 2.24) is 9.97 Å². The van der Waals surface area contributed by atoms with Crippen LogP contribution in [0.15, 0.2) is 58.9 Å². The number of nitrogens with zero attached hydrogens (tertiary/aromatic N) is 2. The van der Waals surface area contributed by atoms with Crippen molar-refractivity contribution in [3.05, 3.63) is 59.7 Å². The van der Waals surface area contributed by atoms with Crippen molar-refractivity contribution < 1.29 is 0 Å². The van der Waals surface area contributed by atoms with Gasteiger partial charge in [-0.1, -0.05) is 18.2 Å². The van der Waals surface area contributed by atoms with Crippen LogP contribution in [0.2, 0.25) is 0 Å². The third-order valence-corrected chi connectivity index (χ3v) is 4.77. The molecule has 3 rings (SSSR count). The van der Waals surface area contributed by atoms with E-state index in [0.29, 0.717) is 0 Å². The first-order valence-corrected chi connectivity index (χ1v) is 8.02. The maximum Gasteiger partial charge on any atom is 0.142 e. The fourth-order valence-electron chi connectivity index (χ4n) is 1.74. The molecule has 0 atom stereocenters. The number of aromatic nitrogens is 2. The van der Waals surface area contributed by atoms with Crippen molar-refractivity contribution in [3.63, 3.8) is 0 Å². The predicted octanol–water partition coefficient (Wildman–Crippen LogP) is 4.08. The fourth-order valence-corrected chi connectivity index (χ4v) is 3.51. The van der Waals surface area contributed by atoms with Gasteiger partial charge in [0, 0.05) is 27.9 Å². The van der Waals surface area contributed by atoms with Crippen molar-refractivity contribution in [2.45, 2.75) is 10.6 Å². The van der Waals surface area contributed by atoms with Crippen molar-refractivity contribution in [3.8, 4) is 10.7 Å². The molecule has 0 radical (unpaired) electrons. The number of benzene rings is 1. The van der Waals surface area contributed by atoms with Crippen LogP contribution >= 0.6 is 23.1 Å². The molecule has 2 heterocycles. The number of thiazole rings is 1. The summed E-state index contributed by atoms with van der Waals surface area (Å²) in [6.45, 7) is 0. The molecule has 3 nitrogen and oxygen atoms in total. The van der Waals surface area contributed by atoms with Crippen molar-refractivity contribution in [2.24, 2.45) is 0 Å². The summed E-state index contributed by atoms with van der Waals surface area (Å²) in [4.78, 5) is 10.0. The Bertz CT molecular complexity index is 695. The molecule has 2 N–H and O–H groups in total. The highest BCUT2D eigenvalue weighted by Gasteiger charge is 2.06. The summed E-state index contributed by atoms with van der Waals surface area (Å²) in [6.07, 6.45) is 1.79. The number of thioether (sulfide) groups is 1. The Kier molecular flexibility index (Phi) is 3.99. The fraction of sp³-hybridized carbons (Fsp3) is 0.0667. The zero-order valence-corrected chi connectivity index (χ0v) is 12.3. The van der Waals surface area contributed by atoms with Crippen LogP contribution in [0.4, 0.5) is 5.69 Å². The number of hydrogen-bond acceptors (Lipinski definition) is 5. The van der Waals surface area contributed by atoms with Gasteiger partial charge in [0.15, 0.2) is 0 Å². The van der Waals surface area contributed by atoms with Gasteiger partial charge in [-0.05, 0) is 24.3 Å². The Labute approximate surface area is 125 Å².